The molecule has 1 aromatic heterocycles. The summed E-state index contributed by atoms with van der Waals surface area (Å²) < 4.78 is 10.6. The van der Waals surface area contributed by atoms with Crippen LogP contribution in [0.1, 0.15) is 32.0 Å². The van der Waals surface area contributed by atoms with Gasteiger partial charge in [-0.3, -0.25) is 4.79 Å². The van der Waals surface area contributed by atoms with E-state index in [9.17, 15) is 4.79 Å². The maximum absolute atomic E-state index is 12.6. The van der Waals surface area contributed by atoms with Crippen LogP contribution in [0.3, 0.4) is 0 Å². The Morgan fingerprint density at radius 1 is 1.29 bits per heavy atom. The fourth-order valence-corrected chi connectivity index (χ4v) is 2.50. The highest BCUT2D eigenvalue weighted by atomic mass is 32.2. The van der Waals surface area contributed by atoms with Crippen LogP contribution in [-0.4, -0.2) is 34.1 Å². The summed E-state index contributed by atoms with van der Waals surface area (Å²) in [5.41, 5.74) is 0.510. The van der Waals surface area contributed by atoms with E-state index in [4.69, 9.17) is 9.47 Å². The molecule has 1 aliphatic heterocycles. The van der Waals surface area contributed by atoms with Gasteiger partial charge in [-0.05, 0) is 30.0 Å². The first-order valence-electron chi connectivity index (χ1n) is 7.38. The monoisotopic (exact) mass is 346 g/mol. The van der Waals surface area contributed by atoms with Crippen molar-refractivity contribution in [3.63, 3.8) is 0 Å². The molecule has 0 atom stereocenters. The fraction of sp³-hybridized carbons (Fsp3) is 0.375. The van der Waals surface area contributed by atoms with E-state index in [1.165, 1.54) is 11.8 Å². The maximum atomic E-state index is 12.6. The minimum Gasteiger partial charge on any atom is -0.454 e. The summed E-state index contributed by atoms with van der Waals surface area (Å²) in [6, 6.07) is 5.45. The van der Waals surface area contributed by atoms with Gasteiger partial charge in [0.05, 0.1) is 6.21 Å². The fourth-order valence-electron chi connectivity index (χ4n) is 2.16. The van der Waals surface area contributed by atoms with Crippen LogP contribution in [0.25, 0.3) is 0 Å². The van der Waals surface area contributed by atoms with Crippen LogP contribution in [0.4, 0.5) is 0 Å². The molecule has 126 valence electrons. The summed E-state index contributed by atoms with van der Waals surface area (Å²) >= 11 is 1.37. The number of hydrogen-bond acceptors (Lipinski definition) is 7. The third-order valence-corrected chi connectivity index (χ3v) is 3.92. The van der Waals surface area contributed by atoms with E-state index in [1.807, 2.05) is 33.1 Å². The van der Waals surface area contributed by atoms with Gasteiger partial charge in [-0.1, -0.05) is 32.5 Å². The number of thioether (sulfide) groups is 1. The number of hydrogen-bond donors (Lipinski definition) is 0. The molecule has 0 saturated carbocycles. The number of aromatic nitrogens is 3. The van der Waals surface area contributed by atoms with Crippen molar-refractivity contribution in [1.29, 1.82) is 0 Å². The molecule has 0 unspecified atom stereocenters. The lowest BCUT2D eigenvalue weighted by molar-refractivity contribution is 0.174. The molecule has 0 saturated heterocycles. The highest BCUT2D eigenvalue weighted by Crippen LogP contribution is 2.32. The third kappa shape index (κ3) is 3.28. The summed E-state index contributed by atoms with van der Waals surface area (Å²) in [6.45, 7) is 6.03. The van der Waals surface area contributed by atoms with Crippen LogP contribution in [-0.2, 0) is 5.41 Å². The Bertz CT molecular complexity index is 855. The van der Waals surface area contributed by atoms with Crippen molar-refractivity contribution in [2.24, 2.45) is 5.10 Å². The van der Waals surface area contributed by atoms with Gasteiger partial charge >= 0.3 is 5.56 Å². The lowest BCUT2D eigenvalue weighted by atomic mass is 9.93. The van der Waals surface area contributed by atoms with Gasteiger partial charge in [-0.2, -0.15) is 5.10 Å². The molecule has 0 spiro atoms. The smallest absolute Gasteiger partial charge is 0.310 e. The van der Waals surface area contributed by atoms with Crippen molar-refractivity contribution in [2.45, 2.75) is 31.3 Å². The quantitative estimate of drug-likeness (QED) is 0.627. The predicted octanol–water partition coefficient (Wildman–Crippen LogP) is 2.27. The Balaban J connectivity index is 1.99. The zero-order valence-electron chi connectivity index (χ0n) is 13.9. The summed E-state index contributed by atoms with van der Waals surface area (Å²) in [6.07, 6.45) is 3.42. The molecule has 0 fully saturated rings. The molecule has 0 radical (unpaired) electrons. The highest BCUT2D eigenvalue weighted by Gasteiger charge is 2.22. The SMILES string of the molecule is CSc1nc(C(C)(C)C)c(=O)n(/N=C\c2ccc3c(c2)OCO3)n1. The van der Waals surface area contributed by atoms with Crippen LogP contribution in [0, 0.1) is 0 Å². The van der Waals surface area contributed by atoms with Gasteiger partial charge in [-0.15, -0.1) is 9.89 Å². The molecule has 3 rings (SSSR count). The number of fused-ring (bicyclic) bond motifs is 1. The zero-order chi connectivity index (χ0) is 17.3. The average Bonchev–Trinajstić information content (AvgIpc) is 3.00. The topological polar surface area (TPSA) is 78.6 Å². The summed E-state index contributed by atoms with van der Waals surface area (Å²) in [7, 11) is 0. The molecule has 2 aromatic rings. The van der Waals surface area contributed by atoms with Crippen molar-refractivity contribution < 1.29 is 9.47 Å². The molecule has 24 heavy (non-hydrogen) atoms. The molecule has 1 aromatic carbocycles. The second-order valence-corrected chi connectivity index (χ2v) is 7.02. The van der Waals surface area contributed by atoms with Gasteiger partial charge in [0.15, 0.2) is 11.5 Å². The first-order chi connectivity index (χ1) is 11.4. The van der Waals surface area contributed by atoms with Crippen LogP contribution in [0.5, 0.6) is 11.5 Å². The molecular weight excluding hydrogens is 328 g/mol. The minimum absolute atomic E-state index is 0.216. The minimum atomic E-state index is -0.388. The first kappa shape index (κ1) is 16.5. The van der Waals surface area contributed by atoms with Gasteiger partial charge in [0, 0.05) is 5.41 Å². The van der Waals surface area contributed by atoms with E-state index >= 15 is 0 Å². The van der Waals surface area contributed by atoms with Crippen LogP contribution >= 0.6 is 11.8 Å². The Morgan fingerprint density at radius 2 is 2.04 bits per heavy atom. The van der Waals surface area contributed by atoms with Gasteiger partial charge in [0.1, 0.15) is 5.69 Å². The zero-order valence-corrected chi connectivity index (χ0v) is 14.8. The Hall–Kier alpha value is -2.35. The van der Waals surface area contributed by atoms with Crippen molar-refractivity contribution in [3.05, 3.63) is 39.8 Å². The van der Waals surface area contributed by atoms with E-state index in [0.717, 1.165) is 10.4 Å². The average molecular weight is 346 g/mol. The summed E-state index contributed by atoms with van der Waals surface area (Å²) in [4.78, 5) is 18.0. The molecule has 0 amide bonds. The van der Waals surface area contributed by atoms with Crippen LogP contribution in [0.2, 0.25) is 0 Å². The molecular formula is C16H18N4O3S. The number of benzene rings is 1. The van der Waals surface area contributed by atoms with E-state index in [1.54, 1.807) is 18.3 Å². The molecule has 7 nitrogen and oxygen atoms in total. The standard InChI is InChI=1S/C16H18N4O3S/c1-16(2,3)13-14(21)20(19-15(18-13)24-4)17-8-10-5-6-11-12(7-10)23-9-22-11/h5-8H,9H2,1-4H3/b17-8-. The van der Waals surface area contributed by atoms with Gasteiger partial charge in [0.25, 0.3) is 0 Å². The number of nitrogens with zero attached hydrogens (tertiary/aromatic N) is 4. The van der Waals surface area contributed by atoms with Crippen molar-refractivity contribution in [2.75, 3.05) is 13.0 Å². The Morgan fingerprint density at radius 3 is 2.75 bits per heavy atom. The molecule has 0 bridgehead atoms. The van der Waals surface area contributed by atoms with Crippen molar-refractivity contribution >= 4 is 18.0 Å². The summed E-state index contributed by atoms with van der Waals surface area (Å²) in [5.74, 6) is 1.36. The first-order valence-corrected chi connectivity index (χ1v) is 8.61. The van der Waals surface area contributed by atoms with Crippen LogP contribution < -0.4 is 15.0 Å². The normalized spacial score (nSPS) is 13.7. The van der Waals surface area contributed by atoms with Gasteiger partial charge < -0.3 is 9.47 Å². The molecule has 2 heterocycles. The lowest BCUT2D eigenvalue weighted by Crippen LogP contribution is -2.32. The molecule has 1 aliphatic rings. The lowest BCUT2D eigenvalue weighted by Gasteiger charge is -2.17. The largest absolute Gasteiger partial charge is 0.454 e. The predicted molar refractivity (Wildman–Crippen MR) is 92.3 cm³/mol. The summed E-state index contributed by atoms with van der Waals surface area (Å²) in [5, 5.41) is 8.86. The highest BCUT2D eigenvalue weighted by molar-refractivity contribution is 7.98. The van der Waals surface area contributed by atoms with Crippen molar-refractivity contribution in [1.82, 2.24) is 14.9 Å². The van der Waals surface area contributed by atoms with Crippen molar-refractivity contribution in [3.8, 4) is 11.5 Å². The van der Waals surface area contributed by atoms with Crippen LogP contribution in [0.15, 0.2) is 33.3 Å². The van der Waals surface area contributed by atoms with Gasteiger partial charge in [-0.25, -0.2) is 4.98 Å². The molecule has 0 N–H and O–H groups in total. The van der Waals surface area contributed by atoms with E-state index in [-0.39, 0.29) is 17.8 Å². The number of ether oxygens (including phenoxy) is 2. The second-order valence-electron chi connectivity index (χ2n) is 6.25. The van der Waals surface area contributed by atoms with Gasteiger partial charge in [0.2, 0.25) is 11.9 Å². The molecule has 8 heteroatoms. The Labute approximate surface area is 143 Å². The maximum Gasteiger partial charge on any atom is 0.310 e. The second kappa shape index (κ2) is 6.27. The van der Waals surface area contributed by atoms with E-state index < -0.39 is 0 Å². The van der Waals surface area contributed by atoms with E-state index in [2.05, 4.69) is 15.2 Å². The van der Waals surface area contributed by atoms with E-state index in [0.29, 0.717) is 22.3 Å². The third-order valence-electron chi connectivity index (χ3n) is 3.38. The Kier molecular flexibility index (Phi) is 4.31. The number of rotatable bonds is 3. The molecule has 0 aliphatic carbocycles.